The standard InChI is InChI=1S/C17H25BrFN/c1-12(2)13-5-7-17(11-20,8-6-13)10-14-3-4-15(19)9-16(14)18/h3-4,9,12-13H,5-8,10-11,20H2,1-2H3. The Morgan fingerprint density at radius 2 is 2.00 bits per heavy atom. The summed E-state index contributed by atoms with van der Waals surface area (Å²) < 4.78 is 14.1. The van der Waals surface area contributed by atoms with Gasteiger partial charge in [0.15, 0.2) is 0 Å². The van der Waals surface area contributed by atoms with Crippen LogP contribution in [0, 0.1) is 23.1 Å². The van der Waals surface area contributed by atoms with Crippen LogP contribution in [-0.2, 0) is 6.42 Å². The Morgan fingerprint density at radius 1 is 1.35 bits per heavy atom. The summed E-state index contributed by atoms with van der Waals surface area (Å²) in [5.41, 5.74) is 7.48. The van der Waals surface area contributed by atoms with E-state index in [2.05, 4.69) is 29.8 Å². The number of hydrogen-bond donors (Lipinski definition) is 1. The highest BCUT2D eigenvalue weighted by Gasteiger charge is 2.35. The summed E-state index contributed by atoms with van der Waals surface area (Å²) in [7, 11) is 0. The number of benzene rings is 1. The molecule has 1 nitrogen and oxygen atoms in total. The van der Waals surface area contributed by atoms with Crippen LogP contribution in [0.4, 0.5) is 4.39 Å². The highest BCUT2D eigenvalue weighted by atomic mass is 79.9. The van der Waals surface area contributed by atoms with Crippen molar-refractivity contribution in [3.63, 3.8) is 0 Å². The second-order valence-corrected chi connectivity index (χ2v) is 7.55. The van der Waals surface area contributed by atoms with Gasteiger partial charge in [-0.25, -0.2) is 4.39 Å². The summed E-state index contributed by atoms with van der Waals surface area (Å²) >= 11 is 3.48. The third kappa shape index (κ3) is 3.62. The van der Waals surface area contributed by atoms with Gasteiger partial charge in [0.05, 0.1) is 0 Å². The Bertz CT molecular complexity index is 450. The van der Waals surface area contributed by atoms with Gasteiger partial charge < -0.3 is 5.73 Å². The second kappa shape index (κ2) is 6.57. The average Bonchev–Trinajstić information content (AvgIpc) is 2.42. The first-order valence-corrected chi connectivity index (χ1v) is 8.39. The van der Waals surface area contributed by atoms with Gasteiger partial charge >= 0.3 is 0 Å². The Kier molecular flexibility index (Phi) is 5.25. The second-order valence-electron chi connectivity index (χ2n) is 6.70. The number of nitrogens with two attached hydrogens (primary N) is 1. The molecule has 0 amide bonds. The molecule has 0 saturated heterocycles. The van der Waals surface area contributed by atoms with Crippen molar-refractivity contribution in [3.8, 4) is 0 Å². The zero-order valence-corrected chi connectivity index (χ0v) is 14.0. The van der Waals surface area contributed by atoms with Gasteiger partial charge in [0, 0.05) is 4.47 Å². The van der Waals surface area contributed by atoms with Crippen LogP contribution in [0.15, 0.2) is 22.7 Å². The number of hydrogen-bond acceptors (Lipinski definition) is 1. The first-order valence-electron chi connectivity index (χ1n) is 7.60. The van der Waals surface area contributed by atoms with Crippen LogP contribution in [0.5, 0.6) is 0 Å². The molecule has 0 bridgehead atoms. The molecule has 1 aromatic carbocycles. The van der Waals surface area contributed by atoms with Crippen molar-refractivity contribution in [1.82, 2.24) is 0 Å². The van der Waals surface area contributed by atoms with Gasteiger partial charge in [-0.3, -0.25) is 0 Å². The number of halogens is 2. The lowest BCUT2D eigenvalue weighted by atomic mass is 9.65. The van der Waals surface area contributed by atoms with Crippen molar-refractivity contribution in [3.05, 3.63) is 34.1 Å². The molecule has 0 spiro atoms. The fourth-order valence-corrected chi connectivity index (χ4v) is 3.93. The molecule has 0 aliphatic heterocycles. The van der Waals surface area contributed by atoms with Gasteiger partial charge in [-0.2, -0.15) is 0 Å². The topological polar surface area (TPSA) is 26.0 Å². The zero-order chi connectivity index (χ0) is 14.8. The van der Waals surface area contributed by atoms with Crippen LogP contribution >= 0.6 is 15.9 Å². The highest BCUT2D eigenvalue weighted by Crippen LogP contribution is 2.43. The minimum Gasteiger partial charge on any atom is -0.330 e. The first-order chi connectivity index (χ1) is 9.46. The molecule has 0 heterocycles. The van der Waals surface area contributed by atoms with Crippen LogP contribution in [0.1, 0.15) is 45.1 Å². The van der Waals surface area contributed by atoms with Crippen LogP contribution in [0.25, 0.3) is 0 Å². The lowest BCUT2D eigenvalue weighted by Crippen LogP contribution is -2.37. The van der Waals surface area contributed by atoms with E-state index in [-0.39, 0.29) is 11.2 Å². The minimum absolute atomic E-state index is 0.189. The fourth-order valence-electron chi connectivity index (χ4n) is 3.44. The van der Waals surface area contributed by atoms with Gasteiger partial charge in [0.1, 0.15) is 5.82 Å². The maximum atomic E-state index is 13.2. The molecule has 0 radical (unpaired) electrons. The molecule has 0 aromatic heterocycles. The third-order valence-corrected chi connectivity index (χ3v) is 5.79. The van der Waals surface area contributed by atoms with Crippen molar-refractivity contribution in [2.75, 3.05) is 6.54 Å². The van der Waals surface area contributed by atoms with E-state index < -0.39 is 0 Å². The minimum atomic E-state index is -0.189. The molecule has 1 aromatic rings. The summed E-state index contributed by atoms with van der Waals surface area (Å²) in [5, 5.41) is 0. The van der Waals surface area contributed by atoms with Crippen molar-refractivity contribution < 1.29 is 4.39 Å². The number of rotatable bonds is 4. The van der Waals surface area contributed by atoms with Crippen LogP contribution < -0.4 is 5.73 Å². The molecule has 1 fully saturated rings. The van der Waals surface area contributed by atoms with Crippen molar-refractivity contribution in [2.24, 2.45) is 23.0 Å². The molecule has 0 atom stereocenters. The molecule has 3 heteroatoms. The Balaban J connectivity index is 2.09. The van der Waals surface area contributed by atoms with Crippen molar-refractivity contribution >= 4 is 15.9 Å². The maximum absolute atomic E-state index is 13.2. The Labute approximate surface area is 130 Å². The summed E-state index contributed by atoms with van der Waals surface area (Å²) in [6, 6.07) is 4.99. The van der Waals surface area contributed by atoms with E-state index in [4.69, 9.17) is 5.73 Å². The summed E-state index contributed by atoms with van der Waals surface area (Å²) in [5.74, 6) is 1.42. The van der Waals surface area contributed by atoms with Crippen molar-refractivity contribution in [1.29, 1.82) is 0 Å². The molecule has 1 saturated carbocycles. The highest BCUT2D eigenvalue weighted by molar-refractivity contribution is 9.10. The van der Waals surface area contributed by atoms with Crippen LogP contribution in [-0.4, -0.2) is 6.54 Å². The van der Waals surface area contributed by atoms with E-state index in [1.165, 1.54) is 31.2 Å². The molecule has 1 aliphatic carbocycles. The van der Waals surface area contributed by atoms with Gasteiger partial charge in [-0.1, -0.05) is 35.8 Å². The first kappa shape index (κ1) is 16.0. The Morgan fingerprint density at radius 3 is 2.50 bits per heavy atom. The van der Waals surface area contributed by atoms with Crippen molar-refractivity contribution in [2.45, 2.75) is 46.0 Å². The monoisotopic (exact) mass is 341 g/mol. The summed E-state index contributed by atoms with van der Waals surface area (Å²) in [4.78, 5) is 0. The average molecular weight is 342 g/mol. The molecule has 1 aliphatic rings. The lowest BCUT2D eigenvalue weighted by Gasteiger charge is -2.41. The molecule has 112 valence electrons. The molecule has 0 unspecified atom stereocenters. The molecular formula is C17H25BrFN. The van der Waals surface area contributed by atoms with E-state index >= 15 is 0 Å². The van der Waals surface area contributed by atoms with E-state index in [0.717, 1.165) is 29.3 Å². The fraction of sp³-hybridized carbons (Fsp3) is 0.647. The van der Waals surface area contributed by atoms with Gasteiger partial charge in [0.2, 0.25) is 0 Å². The SMILES string of the molecule is CC(C)C1CCC(CN)(Cc2ccc(F)cc2Br)CC1. The molecule has 2 rings (SSSR count). The van der Waals surface area contributed by atoms with E-state index in [0.29, 0.717) is 0 Å². The molecule has 2 N–H and O–H groups in total. The summed E-state index contributed by atoms with van der Waals surface area (Å²) in [6.07, 6.45) is 5.88. The van der Waals surface area contributed by atoms with Gasteiger partial charge in [-0.05, 0) is 73.6 Å². The largest absolute Gasteiger partial charge is 0.330 e. The van der Waals surface area contributed by atoms with E-state index in [9.17, 15) is 4.39 Å². The predicted molar refractivity (Wildman–Crippen MR) is 86.1 cm³/mol. The third-order valence-electron chi connectivity index (χ3n) is 5.05. The quantitative estimate of drug-likeness (QED) is 0.826. The smallest absolute Gasteiger partial charge is 0.124 e. The zero-order valence-electron chi connectivity index (χ0n) is 12.5. The van der Waals surface area contributed by atoms with E-state index in [1.54, 1.807) is 12.1 Å². The van der Waals surface area contributed by atoms with E-state index in [1.807, 2.05) is 6.07 Å². The predicted octanol–water partition coefficient (Wildman–Crippen LogP) is 4.92. The maximum Gasteiger partial charge on any atom is 0.124 e. The van der Waals surface area contributed by atoms with Gasteiger partial charge in [-0.15, -0.1) is 0 Å². The van der Waals surface area contributed by atoms with Gasteiger partial charge in [0.25, 0.3) is 0 Å². The summed E-state index contributed by atoms with van der Waals surface area (Å²) in [6.45, 7) is 5.36. The normalized spacial score (nSPS) is 27.0. The molecular weight excluding hydrogens is 317 g/mol. The molecule has 20 heavy (non-hydrogen) atoms. The Hall–Kier alpha value is -0.410. The van der Waals surface area contributed by atoms with Crippen LogP contribution in [0.2, 0.25) is 0 Å². The lowest BCUT2D eigenvalue weighted by molar-refractivity contribution is 0.132. The van der Waals surface area contributed by atoms with Crippen LogP contribution in [0.3, 0.4) is 0 Å².